The van der Waals surface area contributed by atoms with Crippen LogP contribution in [0.15, 0.2) is 48.5 Å². The number of hydrogen-bond donors (Lipinski definition) is 1. The zero-order chi connectivity index (χ0) is 21.9. The number of aromatic nitrogens is 2. The minimum atomic E-state index is -3.93. The van der Waals surface area contributed by atoms with Crippen molar-refractivity contribution in [3.63, 3.8) is 0 Å². The van der Waals surface area contributed by atoms with Crippen LogP contribution in [0, 0.1) is 5.82 Å². The summed E-state index contributed by atoms with van der Waals surface area (Å²) in [5.41, 5.74) is 0.574. The normalized spacial score (nSPS) is 12.3. The smallest absolute Gasteiger partial charge is 0.249 e. The average Bonchev–Trinajstić information content (AvgIpc) is 3.17. The molecule has 1 aromatic heterocycles. The van der Waals surface area contributed by atoms with Gasteiger partial charge in [-0.25, -0.2) is 12.8 Å². The fraction of sp³-hybridized carbons (Fsp3) is 0.211. The second-order valence-electron chi connectivity index (χ2n) is 6.32. The van der Waals surface area contributed by atoms with Crippen LogP contribution in [0.25, 0.3) is 10.6 Å². The van der Waals surface area contributed by atoms with E-state index in [9.17, 15) is 17.6 Å². The first-order valence-electron chi connectivity index (χ1n) is 8.73. The lowest BCUT2D eigenvalue weighted by Gasteiger charge is -2.28. The third kappa shape index (κ3) is 4.74. The number of carbonyl (C=O) groups is 1. The number of nitrogens with one attached hydrogen (secondary N) is 1. The van der Waals surface area contributed by atoms with Crippen molar-refractivity contribution in [1.82, 2.24) is 10.2 Å². The van der Waals surface area contributed by atoms with E-state index in [1.54, 1.807) is 31.4 Å². The SMILES string of the molecule is COc1ccc(-c2nnc(NC(=O)[C@H](C)N(c3ccccc3F)S(C)(=O)=O)s2)cc1. The van der Waals surface area contributed by atoms with E-state index in [2.05, 4.69) is 15.5 Å². The van der Waals surface area contributed by atoms with Gasteiger partial charge >= 0.3 is 0 Å². The van der Waals surface area contributed by atoms with Gasteiger partial charge in [0, 0.05) is 5.56 Å². The van der Waals surface area contributed by atoms with Gasteiger partial charge in [-0.3, -0.25) is 14.4 Å². The van der Waals surface area contributed by atoms with Gasteiger partial charge in [0.15, 0.2) is 0 Å². The number of nitrogens with zero attached hydrogens (tertiary/aromatic N) is 3. The molecular weight excluding hydrogens is 431 g/mol. The molecule has 8 nitrogen and oxygen atoms in total. The minimum absolute atomic E-state index is 0.194. The molecule has 2 aromatic carbocycles. The van der Waals surface area contributed by atoms with E-state index in [0.29, 0.717) is 10.8 Å². The number of anilines is 2. The number of halogens is 1. The first kappa shape index (κ1) is 21.7. The van der Waals surface area contributed by atoms with Crippen molar-refractivity contribution in [1.29, 1.82) is 0 Å². The Morgan fingerprint density at radius 1 is 1.17 bits per heavy atom. The molecule has 11 heteroatoms. The van der Waals surface area contributed by atoms with E-state index in [-0.39, 0.29) is 10.8 Å². The Balaban J connectivity index is 1.80. The topological polar surface area (TPSA) is 101 Å². The second kappa shape index (κ2) is 8.76. The number of rotatable bonds is 7. The summed E-state index contributed by atoms with van der Waals surface area (Å²) in [7, 11) is -2.37. The van der Waals surface area contributed by atoms with E-state index in [0.717, 1.165) is 33.5 Å². The monoisotopic (exact) mass is 450 g/mol. The lowest BCUT2D eigenvalue weighted by Crippen LogP contribution is -2.45. The molecule has 158 valence electrons. The van der Waals surface area contributed by atoms with Crippen molar-refractivity contribution in [2.45, 2.75) is 13.0 Å². The zero-order valence-corrected chi connectivity index (χ0v) is 18.0. The van der Waals surface area contributed by atoms with Crippen molar-refractivity contribution in [2.24, 2.45) is 0 Å². The molecule has 0 saturated carbocycles. The molecule has 3 aromatic rings. The Kier molecular flexibility index (Phi) is 6.32. The summed E-state index contributed by atoms with van der Waals surface area (Å²) in [6.45, 7) is 1.37. The van der Waals surface area contributed by atoms with Crippen LogP contribution in [-0.4, -0.2) is 43.9 Å². The Labute approximate surface area is 177 Å². The lowest BCUT2D eigenvalue weighted by atomic mass is 10.2. The van der Waals surface area contributed by atoms with Gasteiger partial charge in [-0.1, -0.05) is 23.5 Å². The number of amides is 1. The van der Waals surface area contributed by atoms with Crippen molar-refractivity contribution < 1.29 is 22.3 Å². The molecule has 1 amide bonds. The zero-order valence-electron chi connectivity index (χ0n) is 16.4. The molecule has 0 aliphatic carbocycles. The summed E-state index contributed by atoms with van der Waals surface area (Å²) < 4.78 is 44.6. The summed E-state index contributed by atoms with van der Waals surface area (Å²) in [4.78, 5) is 12.7. The van der Waals surface area contributed by atoms with Crippen LogP contribution in [0.3, 0.4) is 0 Å². The molecule has 0 fully saturated rings. The number of benzene rings is 2. The lowest BCUT2D eigenvalue weighted by molar-refractivity contribution is -0.116. The molecular formula is C19H19FN4O4S2. The Hall–Kier alpha value is -3.05. The Morgan fingerprint density at radius 3 is 2.43 bits per heavy atom. The fourth-order valence-corrected chi connectivity index (χ4v) is 4.67. The van der Waals surface area contributed by atoms with Crippen LogP contribution >= 0.6 is 11.3 Å². The van der Waals surface area contributed by atoms with Gasteiger partial charge < -0.3 is 4.74 Å². The fourth-order valence-electron chi connectivity index (χ4n) is 2.75. The van der Waals surface area contributed by atoms with Crippen LogP contribution in [0.1, 0.15) is 6.92 Å². The molecule has 0 spiro atoms. The highest BCUT2D eigenvalue weighted by molar-refractivity contribution is 7.92. The maximum atomic E-state index is 14.2. The quantitative estimate of drug-likeness (QED) is 0.593. The molecule has 1 heterocycles. The van der Waals surface area contributed by atoms with Crippen molar-refractivity contribution >= 4 is 38.1 Å². The molecule has 3 rings (SSSR count). The molecule has 30 heavy (non-hydrogen) atoms. The van der Waals surface area contributed by atoms with Crippen molar-refractivity contribution in [3.8, 4) is 16.3 Å². The molecule has 0 radical (unpaired) electrons. The molecule has 1 N–H and O–H groups in total. The van der Waals surface area contributed by atoms with E-state index in [1.165, 1.54) is 25.1 Å². The summed E-state index contributed by atoms with van der Waals surface area (Å²) in [5.74, 6) is -0.721. The standard InChI is InChI=1S/C19H19FN4O4S2/c1-12(24(30(3,26)27)16-7-5-4-6-15(16)20)17(25)21-19-23-22-18(29-19)13-8-10-14(28-2)11-9-13/h4-12H,1-3H3,(H,21,23,25)/t12-/m0/s1. The number of carbonyl (C=O) groups excluding carboxylic acids is 1. The third-order valence-corrected chi connectivity index (χ3v) is 6.29. The highest BCUT2D eigenvalue weighted by Gasteiger charge is 2.31. The summed E-state index contributed by atoms with van der Waals surface area (Å²) in [6.07, 6.45) is 0.913. The van der Waals surface area contributed by atoms with E-state index in [1.807, 2.05) is 0 Å². The van der Waals surface area contributed by atoms with E-state index in [4.69, 9.17) is 4.74 Å². The van der Waals surface area contributed by atoms with Gasteiger partial charge in [0.2, 0.25) is 21.1 Å². The number of methoxy groups -OCH3 is 1. The molecule has 0 aliphatic rings. The summed E-state index contributed by atoms with van der Waals surface area (Å²) >= 11 is 1.13. The predicted molar refractivity (Wildman–Crippen MR) is 114 cm³/mol. The molecule has 0 unspecified atom stereocenters. The largest absolute Gasteiger partial charge is 0.497 e. The second-order valence-corrected chi connectivity index (χ2v) is 9.15. The minimum Gasteiger partial charge on any atom is -0.497 e. The van der Waals surface area contributed by atoms with Crippen LogP contribution in [0.5, 0.6) is 5.75 Å². The first-order chi connectivity index (χ1) is 14.2. The Bertz CT molecular complexity index is 1150. The maximum Gasteiger partial charge on any atom is 0.249 e. The van der Waals surface area contributed by atoms with Crippen LogP contribution in [0.2, 0.25) is 0 Å². The number of ether oxygens (including phenoxy) is 1. The first-order valence-corrected chi connectivity index (χ1v) is 11.4. The van der Waals surface area contributed by atoms with Crippen molar-refractivity contribution in [2.75, 3.05) is 23.0 Å². The predicted octanol–water partition coefficient (Wildman–Crippen LogP) is 3.15. The van der Waals surface area contributed by atoms with Gasteiger partial charge in [0.05, 0.1) is 19.1 Å². The number of para-hydroxylation sites is 1. The van der Waals surface area contributed by atoms with Gasteiger partial charge in [-0.2, -0.15) is 0 Å². The summed E-state index contributed by atoms with van der Waals surface area (Å²) in [5, 5.41) is 11.3. The molecule has 1 atom stereocenters. The number of hydrogen-bond acceptors (Lipinski definition) is 7. The molecule has 0 bridgehead atoms. The van der Waals surface area contributed by atoms with E-state index >= 15 is 0 Å². The van der Waals surface area contributed by atoms with Gasteiger partial charge in [0.25, 0.3) is 0 Å². The highest BCUT2D eigenvalue weighted by Crippen LogP contribution is 2.29. The third-order valence-electron chi connectivity index (χ3n) is 4.17. The van der Waals surface area contributed by atoms with E-state index < -0.39 is 27.8 Å². The van der Waals surface area contributed by atoms with Crippen LogP contribution < -0.4 is 14.4 Å². The van der Waals surface area contributed by atoms with Crippen LogP contribution in [0.4, 0.5) is 15.2 Å². The van der Waals surface area contributed by atoms with Gasteiger partial charge in [-0.05, 0) is 43.3 Å². The summed E-state index contributed by atoms with van der Waals surface area (Å²) in [6, 6.07) is 11.3. The molecule has 0 saturated heterocycles. The molecule has 0 aliphatic heterocycles. The van der Waals surface area contributed by atoms with Crippen LogP contribution in [-0.2, 0) is 14.8 Å². The van der Waals surface area contributed by atoms with Gasteiger partial charge in [0.1, 0.15) is 22.6 Å². The maximum absolute atomic E-state index is 14.2. The number of sulfonamides is 1. The van der Waals surface area contributed by atoms with Crippen molar-refractivity contribution in [3.05, 3.63) is 54.3 Å². The van der Waals surface area contributed by atoms with Gasteiger partial charge in [-0.15, -0.1) is 10.2 Å². The highest BCUT2D eigenvalue weighted by atomic mass is 32.2. The Morgan fingerprint density at radius 2 is 1.83 bits per heavy atom. The average molecular weight is 451 g/mol.